The second-order valence-corrected chi connectivity index (χ2v) is 7.35. The summed E-state index contributed by atoms with van der Waals surface area (Å²) >= 11 is 0. The fourth-order valence-corrected chi connectivity index (χ4v) is 3.14. The Hall–Kier alpha value is -4.27. The summed E-state index contributed by atoms with van der Waals surface area (Å²) < 4.78 is 10.5. The van der Waals surface area contributed by atoms with Gasteiger partial charge in [0.05, 0.1) is 19.8 Å². The van der Waals surface area contributed by atoms with Gasteiger partial charge in [-0.3, -0.25) is 9.78 Å². The summed E-state index contributed by atoms with van der Waals surface area (Å²) in [5.74, 6) is 0.837. The third-order valence-corrected chi connectivity index (χ3v) is 4.77. The van der Waals surface area contributed by atoms with E-state index in [-0.39, 0.29) is 5.91 Å². The summed E-state index contributed by atoms with van der Waals surface area (Å²) in [7, 11) is 6.77. The van der Waals surface area contributed by atoms with Gasteiger partial charge in [0.25, 0.3) is 5.91 Å². The fraction of sp³-hybridized carbons (Fsp3) is 0.208. The number of nitrogens with zero attached hydrogens (tertiary/aromatic N) is 2. The molecule has 172 valence electrons. The molecule has 3 amide bonds. The van der Waals surface area contributed by atoms with Crippen LogP contribution in [0.5, 0.6) is 11.5 Å². The molecule has 0 spiro atoms. The van der Waals surface area contributed by atoms with E-state index < -0.39 is 6.03 Å². The number of nitrogens with one attached hydrogen (secondary N) is 3. The third kappa shape index (κ3) is 6.36. The van der Waals surface area contributed by atoms with Gasteiger partial charge in [-0.05, 0) is 29.8 Å². The molecule has 3 aromatic rings. The summed E-state index contributed by atoms with van der Waals surface area (Å²) in [6.07, 6.45) is 3.38. The molecule has 0 atom stereocenters. The number of aromatic nitrogens is 1. The van der Waals surface area contributed by atoms with Crippen molar-refractivity contribution in [3.05, 3.63) is 72.1 Å². The zero-order valence-corrected chi connectivity index (χ0v) is 19.0. The predicted octanol–water partition coefficient (Wildman–Crippen LogP) is 3.74. The van der Waals surface area contributed by atoms with Crippen molar-refractivity contribution in [2.45, 2.75) is 6.54 Å². The Morgan fingerprint density at radius 2 is 1.64 bits per heavy atom. The first kappa shape index (κ1) is 23.4. The van der Waals surface area contributed by atoms with E-state index in [0.717, 1.165) is 11.3 Å². The van der Waals surface area contributed by atoms with Crippen LogP contribution in [0, 0.1) is 0 Å². The monoisotopic (exact) mass is 449 g/mol. The highest BCUT2D eigenvalue weighted by Crippen LogP contribution is 2.26. The van der Waals surface area contributed by atoms with Crippen molar-refractivity contribution < 1.29 is 19.1 Å². The Morgan fingerprint density at radius 1 is 0.939 bits per heavy atom. The largest absolute Gasteiger partial charge is 0.497 e. The van der Waals surface area contributed by atoms with E-state index in [1.807, 2.05) is 31.1 Å². The normalized spacial score (nSPS) is 10.2. The maximum atomic E-state index is 12.9. The molecule has 0 aliphatic heterocycles. The lowest BCUT2D eigenvalue weighted by atomic mass is 10.1. The lowest BCUT2D eigenvalue weighted by molar-refractivity contribution is 0.0951. The number of rotatable bonds is 8. The smallest absolute Gasteiger partial charge is 0.323 e. The highest BCUT2D eigenvalue weighted by Gasteiger charge is 2.15. The molecule has 0 bridgehead atoms. The summed E-state index contributed by atoms with van der Waals surface area (Å²) in [6.45, 7) is 0.343. The fourth-order valence-electron chi connectivity index (χ4n) is 3.14. The molecular weight excluding hydrogens is 422 g/mol. The Balaban J connectivity index is 1.74. The van der Waals surface area contributed by atoms with Gasteiger partial charge in [0.1, 0.15) is 11.5 Å². The summed E-state index contributed by atoms with van der Waals surface area (Å²) in [6, 6.07) is 13.4. The van der Waals surface area contributed by atoms with Crippen LogP contribution in [-0.2, 0) is 6.54 Å². The van der Waals surface area contributed by atoms with Crippen LogP contribution in [0.15, 0.2) is 60.9 Å². The zero-order chi connectivity index (χ0) is 23.8. The molecule has 9 heteroatoms. The lowest BCUT2D eigenvalue weighted by Gasteiger charge is -2.19. The van der Waals surface area contributed by atoms with Gasteiger partial charge in [0.15, 0.2) is 0 Å². The molecule has 0 aliphatic rings. The van der Waals surface area contributed by atoms with Crippen LogP contribution in [0.3, 0.4) is 0 Å². The standard InChI is InChI=1S/C24H27N5O4/c1-29(2)22-8-7-17(12-21(22)23(30)26-15-16-6-5-9-25-14-16)27-24(31)28-18-10-19(32-3)13-20(11-18)33-4/h5-14H,15H2,1-4H3,(H,26,30)(H2,27,28,31). The van der Waals surface area contributed by atoms with Crippen molar-refractivity contribution in [3.63, 3.8) is 0 Å². The minimum absolute atomic E-state index is 0.260. The van der Waals surface area contributed by atoms with Crippen LogP contribution in [0.25, 0.3) is 0 Å². The van der Waals surface area contributed by atoms with Gasteiger partial charge in [-0.2, -0.15) is 0 Å². The van der Waals surface area contributed by atoms with Crippen molar-refractivity contribution in [1.29, 1.82) is 0 Å². The SMILES string of the molecule is COc1cc(NC(=O)Nc2ccc(N(C)C)c(C(=O)NCc3cccnc3)c2)cc(OC)c1. The van der Waals surface area contributed by atoms with E-state index in [1.165, 1.54) is 14.2 Å². The van der Waals surface area contributed by atoms with E-state index >= 15 is 0 Å². The van der Waals surface area contributed by atoms with Crippen LogP contribution >= 0.6 is 0 Å². The number of pyridine rings is 1. The highest BCUT2D eigenvalue weighted by molar-refractivity contribution is 6.04. The van der Waals surface area contributed by atoms with Crippen LogP contribution in [0.2, 0.25) is 0 Å². The molecule has 2 aromatic carbocycles. The third-order valence-electron chi connectivity index (χ3n) is 4.77. The predicted molar refractivity (Wildman–Crippen MR) is 128 cm³/mol. The number of carbonyl (C=O) groups is 2. The Bertz CT molecular complexity index is 1100. The molecule has 3 N–H and O–H groups in total. The lowest BCUT2D eigenvalue weighted by Crippen LogP contribution is -2.26. The van der Waals surface area contributed by atoms with E-state index in [9.17, 15) is 9.59 Å². The topological polar surface area (TPSA) is 105 Å². The second-order valence-electron chi connectivity index (χ2n) is 7.35. The number of amides is 3. The van der Waals surface area contributed by atoms with Crippen LogP contribution < -0.4 is 30.3 Å². The number of benzene rings is 2. The van der Waals surface area contributed by atoms with Gasteiger partial charge < -0.3 is 30.3 Å². The van der Waals surface area contributed by atoms with E-state index in [1.54, 1.807) is 48.8 Å². The number of ether oxygens (including phenoxy) is 2. The van der Waals surface area contributed by atoms with E-state index in [4.69, 9.17) is 9.47 Å². The van der Waals surface area contributed by atoms with Crippen LogP contribution in [0.1, 0.15) is 15.9 Å². The van der Waals surface area contributed by atoms with Crippen molar-refractivity contribution >= 4 is 29.0 Å². The Kier molecular flexibility index (Phi) is 7.69. The summed E-state index contributed by atoms with van der Waals surface area (Å²) in [4.78, 5) is 31.4. The zero-order valence-electron chi connectivity index (χ0n) is 19.0. The number of methoxy groups -OCH3 is 2. The molecule has 9 nitrogen and oxygen atoms in total. The molecule has 1 heterocycles. The van der Waals surface area contributed by atoms with Crippen molar-refractivity contribution in [1.82, 2.24) is 10.3 Å². The van der Waals surface area contributed by atoms with Gasteiger partial charge in [-0.1, -0.05) is 6.07 Å². The van der Waals surface area contributed by atoms with Gasteiger partial charge in [-0.15, -0.1) is 0 Å². The summed E-state index contributed by atoms with van der Waals surface area (Å²) in [5, 5.41) is 8.40. The molecule has 0 aliphatic carbocycles. The van der Waals surface area contributed by atoms with Crippen molar-refractivity contribution in [2.75, 3.05) is 43.8 Å². The van der Waals surface area contributed by atoms with Crippen molar-refractivity contribution in [3.8, 4) is 11.5 Å². The van der Waals surface area contributed by atoms with Gasteiger partial charge in [0.2, 0.25) is 0 Å². The molecule has 3 rings (SSSR count). The highest BCUT2D eigenvalue weighted by atomic mass is 16.5. The average molecular weight is 450 g/mol. The number of urea groups is 1. The van der Waals surface area contributed by atoms with Gasteiger partial charge in [-0.25, -0.2) is 4.79 Å². The molecular formula is C24H27N5O4. The van der Waals surface area contributed by atoms with Crippen molar-refractivity contribution in [2.24, 2.45) is 0 Å². The molecule has 33 heavy (non-hydrogen) atoms. The Morgan fingerprint density at radius 3 is 2.24 bits per heavy atom. The van der Waals surface area contributed by atoms with E-state index in [2.05, 4.69) is 20.9 Å². The number of hydrogen-bond donors (Lipinski definition) is 3. The molecule has 0 saturated carbocycles. The molecule has 0 unspecified atom stereocenters. The second kappa shape index (κ2) is 10.9. The maximum absolute atomic E-state index is 12.9. The van der Waals surface area contributed by atoms with Crippen LogP contribution in [-0.4, -0.2) is 45.2 Å². The maximum Gasteiger partial charge on any atom is 0.323 e. The molecule has 0 fully saturated rings. The Labute approximate surface area is 192 Å². The molecule has 0 radical (unpaired) electrons. The minimum atomic E-state index is -0.468. The minimum Gasteiger partial charge on any atom is -0.497 e. The molecule has 1 aromatic heterocycles. The number of anilines is 3. The van der Waals surface area contributed by atoms with Gasteiger partial charge >= 0.3 is 6.03 Å². The quantitative estimate of drug-likeness (QED) is 0.484. The first-order valence-corrected chi connectivity index (χ1v) is 10.2. The number of hydrogen-bond acceptors (Lipinski definition) is 6. The first-order chi connectivity index (χ1) is 15.9. The van der Waals surface area contributed by atoms with E-state index in [0.29, 0.717) is 35.0 Å². The average Bonchev–Trinajstić information content (AvgIpc) is 2.82. The molecule has 0 saturated heterocycles. The van der Waals surface area contributed by atoms with Gasteiger partial charge in [0, 0.05) is 68.3 Å². The van der Waals surface area contributed by atoms with Crippen LogP contribution in [0.4, 0.5) is 21.9 Å². The number of carbonyl (C=O) groups excluding carboxylic acids is 2. The first-order valence-electron chi connectivity index (χ1n) is 10.2. The summed E-state index contributed by atoms with van der Waals surface area (Å²) in [5.41, 5.74) is 3.02.